The first-order valence-electron chi connectivity index (χ1n) is 47.6. The Hall–Kier alpha value is -3.05. The van der Waals surface area contributed by atoms with Crippen LogP contribution in [0.2, 0.25) is 0 Å². The molecule has 0 aromatic rings. The fourth-order valence-electron chi connectivity index (χ4n) is 15.6. The third-order valence-electron chi connectivity index (χ3n) is 23.2. The van der Waals surface area contributed by atoms with Crippen molar-refractivity contribution in [3.8, 4) is 0 Å². The zero-order valence-electron chi connectivity index (χ0n) is 73.7. The van der Waals surface area contributed by atoms with Crippen molar-refractivity contribution in [1.82, 2.24) is 0 Å². The van der Waals surface area contributed by atoms with Crippen molar-refractivity contribution in [3.05, 3.63) is 24.3 Å². The predicted molar refractivity (Wildman–Crippen MR) is 458 cm³/mol. The standard InChI is InChI=1S/C92H169O25P/c1-5-9-13-17-21-25-29-33-36-39-43-47-50-54-58-62-66-77(96)111-72(69-108-75(94)64-60-56-52-48-44-41-37-34-30-26-22-18-14-10-6-2)70-110-118(106,107)117-90-88(115-91-85(104)81(100)79(98)73(68-93)112-91)84(103)83(102)87(114-78(97)67-63-59-55-51-46-40-32-28-24-20-16-12-8-4)89(90)116-92-86(105)82(101)80(99)74(113-92)71-109-76(95)65-61-57-53-49-45-42-38-35-31-27-23-19-15-11-7-3/h26,30,40,46,72-74,79-93,98-105H,5-25,27-29,31-39,41-45,47-71H2,1-4H3,(H,106,107)/b30-26-,46-40-. The maximum atomic E-state index is 14.9. The van der Waals surface area contributed by atoms with Crippen molar-refractivity contribution in [2.75, 3.05) is 26.4 Å². The molecule has 0 radical (unpaired) electrons. The minimum absolute atomic E-state index is 0.0161. The number of rotatable bonds is 77. The molecule has 2 aliphatic heterocycles. The third-order valence-corrected chi connectivity index (χ3v) is 24.2. The summed E-state index contributed by atoms with van der Waals surface area (Å²) in [5.41, 5.74) is 0. The van der Waals surface area contributed by atoms with Crippen LogP contribution in [0.5, 0.6) is 0 Å². The van der Waals surface area contributed by atoms with E-state index in [-0.39, 0.29) is 32.1 Å². The van der Waals surface area contributed by atoms with Gasteiger partial charge in [0, 0.05) is 25.7 Å². The molecule has 1 saturated carbocycles. The SMILES string of the molecule is CCCCCC/C=C\CCCCCCCCCC(=O)OCC(COP(=O)(O)OC1C(OC2OC(CO)C(O)C(O)C2O)C(O)C(O)C(OC(=O)CCCCC/C=C\CCCCCCCC)C1OC1OC(COC(=O)CCCCCCCCCCCCCCCCC)C(O)C(O)C1O)OC(=O)CCCCCCCCCCCCCCCCCC. The van der Waals surface area contributed by atoms with Gasteiger partial charge in [0.15, 0.2) is 24.8 Å². The second-order valence-corrected chi connectivity index (χ2v) is 35.3. The first-order chi connectivity index (χ1) is 57.2. The molecule has 118 heavy (non-hydrogen) atoms. The Bertz CT molecular complexity index is 2550. The van der Waals surface area contributed by atoms with Gasteiger partial charge in [0.25, 0.3) is 0 Å². The van der Waals surface area contributed by atoms with Crippen LogP contribution in [-0.4, -0.2) is 205 Å². The van der Waals surface area contributed by atoms with Crippen molar-refractivity contribution in [2.45, 2.75) is 511 Å². The lowest BCUT2D eigenvalue weighted by Gasteiger charge is -2.50. The van der Waals surface area contributed by atoms with E-state index in [1.807, 2.05) is 0 Å². The number of carbonyl (C=O) groups is 4. The van der Waals surface area contributed by atoms with E-state index in [1.165, 1.54) is 173 Å². The van der Waals surface area contributed by atoms with Crippen molar-refractivity contribution < 1.29 is 122 Å². The molecule has 2 heterocycles. The lowest BCUT2D eigenvalue weighted by atomic mass is 9.84. The predicted octanol–water partition coefficient (Wildman–Crippen LogP) is 17.7. The van der Waals surface area contributed by atoms with Crippen LogP contribution < -0.4 is 0 Å². The van der Waals surface area contributed by atoms with Crippen LogP contribution in [0, 0.1) is 0 Å². The van der Waals surface area contributed by atoms with E-state index in [0.717, 1.165) is 141 Å². The summed E-state index contributed by atoms with van der Waals surface area (Å²) in [6.45, 7) is 5.58. The van der Waals surface area contributed by atoms with E-state index in [1.54, 1.807) is 0 Å². The Morgan fingerprint density at radius 2 is 0.636 bits per heavy atom. The highest BCUT2D eigenvalue weighted by atomic mass is 31.2. The molecule has 0 amide bonds. The summed E-state index contributed by atoms with van der Waals surface area (Å²) >= 11 is 0. The van der Waals surface area contributed by atoms with Crippen molar-refractivity contribution in [2.24, 2.45) is 0 Å². The summed E-state index contributed by atoms with van der Waals surface area (Å²) in [5.74, 6) is -2.98. The van der Waals surface area contributed by atoms with Gasteiger partial charge >= 0.3 is 31.7 Å². The zero-order chi connectivity index (χ0) is 86.1. The van der Waals surface area contributed by atoms with Gasteiger partial charge in [-0.1, -0.05) is 328 Å². The molecule has 18 atom stereocenters. The van der Waals surface area contributed by atoms with E-state index in [2.05, 4.69) is 52.0 Å². The lowest BCUT2D eigenvalue weighted by molar-refractivity contribution is -0.360. The largest absolute Gasteiger partial charge is 0.472 e. The van der Waals surface area contributed by atoms with E-state index >= 15 is 0 Å². The molecule has 18 unspecified atom stereocenters. The Labute approximate surface area is 711 Å². The van der Waals surface area contributed by atoms with Gasteiger partial charge in [0.2, 0.25) is 0 Å². The van der Waals surface area contributed by atoms with Crippen LogP contribution in [-0.2, 0) is 70.7 Å². The van der Waals surface area contributed by atoms with Gasteiger partial charge in [0.05, 0.1) is 13.2 Å². The molecule has 692 valence electrons. The number of phosphoric ester groups is 1. The van der Waals surface area contributed by atoms with Crippen LogP contribution in [0.4, 0.5) is 0 Å². The summed E-state index contributed by atoms with van der Waals surface area (Å²) in [7, 11) is -5.81. The first-order valence-corrected chi connectivity index (χ1v) is 49.1. The van der Waals surface area contributed by atoms with Crippen molar-refractivity contribution in [1.29, 1.82) is 0 Å². The van der Waals surface area contributed by atoms with Gasteiger partial charge in [-0.25, -0.2) is 4.57 Å². The molecule has 0 aromatic carbocycles. The number of carbonyl (C=O) groups excluding carboxylic acids is 4. The molecule has 26 heteroatoms. The van der Waals surface area contributed by atoms with Crippen molar-refractivity contribution >= 4 is 31.7 Å². The van der Waals surface area contributed by atoms with Gasteiger partial charge in [-0.3, -0.25) is 28.2 Å². The van der Waals surface area contributed by atoms with Gasteiger partial charge < -0.3 is 88.7 Å². The third kappa shape index (κ3) is 50.8. The molecule has 25 nitrogen and oxygen atoms in total. The van der Waals surface area contributed by atoms with Crippen molar-refractivity contribution in [3.63, 3.8) is 0 Å². The highest BCUT2D eigenvalue weighted by molar-refractivity contribution is 7.47. The fraction of sp³-hybridized carbons (Fsp3) is 0.913. The normalized spacial score (nSPS) is 25.0. The molecule has 3 fully saturated rings. The molecule has 1 aliphatic carbocycles. The van der Waals surface area contributed by atoms with Crippen LogP contribution >= 0.6 is 7.82 Å². The fourth-order valence-corrected chi connectivity index (χ4v) is 16.6. The Kier molecular flexibility index (Phi) is 65.8. The summed E-state index contributed by atoms with van der Waals surface area (Å²) < 4.78 is 73.4. The topological polar surface area (TPSA) is 380 Å². The smallest absolute Gasteiger partial charge is 0.463 e. The molecule has 3 rings (SSSR count). The number of aliphatic hydroxyl groups is 9. The molecule has 3 aliphatic rings. The lowest BCUT2D eigenvalue weighted by Crippen LogP contribution is -2.70. The number of hydrogen-bond donors (Lipinski definition) is 10. The summed E-state index contributed by atoms with van der Waals surface area (Å²) in [4.78, 5) is 66.5. The summed E-state index contributed by atoms with van der Waals surface area (Å²) in [5, 5.41) is 102. The first kappa shape index (κ1) is 109. The molecule has 10 N–H and O–H groups in total. The quantitative estimate of drug-likeness (QED) is 0.00889. The van der Waals surface area contributed by atoms with Gasteiger partial charge in [-0.05, 0) is 77.0 Å². The molecule has 0 spiro atoms. The number of hydrogen-bond acceptors (Lipinski definition) is 24. The molecule has 0 aromatic heterocycles. The number of aliphatic hydroxyl groups excluding tert-OH is 9. The van der Waals surface area contributed by atoms with Gasteiger partial charge in [-0.15, -0.1) is 0 Å². The highest BCUT2D eigenvalue weighted by Gasteiger charge is 2.60. The number of allylic oxidation sites excluding steroid dienone is 4. The molecule has 0 bridgehead atoms. The van der Waals surface area contributed by atoms with E-state index < -0.39 is 162 Å². The van der Waals surface area contributed by atoms with E-state index in [0.29, 0.717) is 32.1 Å². The molecular weight excluding hydrogens is 1540 g/mol. The zero-order valence-corrected chi connectivity index (χ0v) is 74.6. The Balaban J connectivity index is 1.91. The Morgan fingerprint density at radius 3 is 1.03 bits per heavy atom. The minimum Gasteiger partial charge on any atom is -0.463 e. The number of unbranched alkanes of at least 4 members (excludes halogenated alkanes) is 49. The second-order valence-electron chi connectivity index (χ2n) is 33.9. The number of ether oxygens (including phenoxy) is 8. The monoisotopic (exact) mass is 1710 g/mol. The van der Waals surface area contributed by atoms with Crippen LogP contribution in [0.3, 0.4) is 0 Å². The molecule has 2 saturated heterocycles. The molecular formula is C92H169O25P. The van der Waals surface area contributed by atoms with E-state index in [9.17, 15) is 74.6 Å². The van der Waals surface area contributed by atoms with Gasteiger partial charge in [0.1, 0.15) is 92.6 Å². The number of esters is 4. The van der Waals surface area contributed by atoms with Crippen LogP contribution in [0.15, 0.2) is 24.3 Å². The Morgan fingerprint density at radius 1 is 0.331 bits per heavy atom. The maximum Gasteiger partial charge on any atom is 0.472 e. The average Bonchev–Trinajstić information content (AvgIpc) is 0.754. The van der Waals surface area contributed by atoms with Gasteiger partial charge in [-0.2, -0.15) is 0 Å². The summed E-state index contributed by atoms with van der Waals surface area (Å²) in [6, 6.07) is 0. The highest BCUT2D eigenvalue weighted by Crippen LogP contribution is 2.49. The maximum absolute atomic E-state index is 14.9. The van der Waals surface area contributed by atoms with E-state index in [4.69, 9.17) is 46.9 Å². The average molecular weight is 1710 g/mol. The van der Waals surface area contributed by atoms with Crippen LogP contribution in [0.1, 0.15) is 407 Å². The summed E-state index contributed by atoms with van der Waals surface area (Å²) in [6.07, 6.45) is 31.7. The number of phosphoric acid groups is 1. The minimum atomic E-state index is -5.81. The van der Waals surface area contributed by atoms with Crippen LogP contribution in [0.25, 0.3) is 0 Å². The second kappa shape index (κ2) is 71.1.